The lowest BCUT2D eigenvalue weighted by molar-refractivity contribution is 0.0985. The lowest BCUT2D eigenvalue weighted by atomic mass is 9.89. The molecule has 120 valence electrons. The van der Waals surface area contributed by atoms with Gasteiger partial charge < -0.3 is 9.64 Å². The summed E-state index contributed by atoms with van der Waals surface area (Å²) < 4.78 is 8.31. The highest BCUT2D eigenvalue weighted by Gasteiger charge is 2.38. The van der Waals surface area contributed by atoms with Gasteiger partial charge in [0, 0.05) is 24.5 Å². The molecule has 0 N–H and O–H groups in total. The summed E-state index contributed by atoms with van der Waals surface area (Å²) in [4.78, 5) is 6.80. The molecule has 2 aromatic heterocycles. The first kappa shape index (κ1) is 13.5. The summed E-state index contributed by atoms with van der Waals surface area (Å²) >= 11 is 0. The van der Waals surface area contributed by atoms with Gasteiger partial charge in [0.15, 0.2) is 5.82 Å². The molecule has 1 aromatic carbocycles. The minimum atomic E-state index is -0.304. The highest BCUT2D eigenvalue weighted by Crippen LogP contribution is 2.37. The second-order valence-corrected chi connectivity index (χ2v) is 6.38. The van der Waals surface area contributed by atoms with Crippen molar-refractivity contribution in [1.82, 2.24) is 19.6 Å². The molecule has 1 spiro atoms. The Morgan fingerprint density at radius 1 is 1.21 bits per heavy atom. The summed E-state index contributed by atoms with van der Waals surface area (Å²) in [7, 11) is 0. The van der Waals surface area contributed by atoms with Crippen molar-refractivity contribution >= 4 is 17.5 Å². The Morgan fingerprint density at radius 3 is 3.17 bits per heavy atom. The third-order valence-electron chi connectivity index (χ3n) is 4.78. The van der Waals surface area contributed by atoms with Gasteiger partial charge in [-0.05, 0) is 25.0 Å². The number of para-hydroxylation sites is 1. The van der Waals surface area contributed by atoms with E-state index in [1.807, 2.05) is 28.8 Å². The van der Waals surface area contributed by atoms with Crippen molar-refractivity contribution in [3.63, 3.8) is 0 Å². The van der Waals surface area contributed by atoms with Crippen LogP contribution in [0.15, 0.2) is 49.1 Å². The SMILES string of the molecule is C1=CC2(CCCN(c3nccn4cnnc34)C2)Oc2ccccc21. The number of fused-ring (bicyclic) bond motifs is 2. The maximum absolute atomic E-state index is 6.41. The number of ether oxygens (including phenoxy) is 1. The predicted octanol–water partition coefficient (Wildman–Crippen LogP) is 2.57. The minimum Gasteiger partial charge on any atom is -0.481 e. The minimum absolute atomic E-state index is 0.304. The molecule has 3 aromatic rings. The summed E-state index contributed by atoms with van der Waals surface area (Å²) in [5.41, 5.74) is 1.62. The molecule has 2 aliphatic rings. The number of hydrogen-bond acceptors (Lipinski definition) is 5. The van der Waals surface area contributed by atoms with Crippen LogP contribution in [-0.4, -0.2) is 38.3 Å². The van der Waals surface area contributed by atoms with Crippen LogP contribution in [0.1, 0.15) is 18.4 Å². The third kappa shape index (κ3) is 2.06. The van der Waals surface area contributed by atoms with Crippen molar-refractivity contribution in [2.24, 2.45) is 0 Å². The zero-order valence-corrected chi connectivity index (χ0v) is 13.2. The highest BCUT2D eigenvalue weighted by molar-refractivity contribution is 5.65. The number of nitrogens with zero attached hydrogens (tertiary/aromatic N) is 5. The fourth-order valence-corrected chi connectivity index (χ4v) is 3.62. The van der Waals surface area contributed by atoms with Gasteiger partial charge in [-0.25, -0.2) is 4.98 Å². The van der Waals surface area contributed by atoms with E-state index in [1.54, 1.807) is 12.5 Å². The van der Waals surface area contributed by atoms with E-state index in [0.717, 1.165) is 48.7 Å². The van der Waals surface area contributed by atoms with Gasteiger partial charge >= 0.3 is 0 Å². The van der Waals surface area contributed by atoms with Crippen LogP contribution in [0.4, 0.5) is 5.82 Å². The van der Waals surface area contributed by atoms with Crippen LogP contribution in [0.25, 0.3) is 11.7 Å². The average molecular weight is 319 g/mol. The van der Waals surface area contributed by atoms with Gasteiger partial charge in [0.1, 0.15) is 17.7 Å². The molecule has 0 amide bonds. The van der Waals surface area contributed by atoms with Gasteiger partial charge in [-0.15, -0.1) is 10.2 Å². The number of anilines is 1. The van der Waals surface area contributed by atoms with Crippen molar-refractivity contribution in [2.45, 2.75) is 18.4 Å². The molecule has 6 heteroatoms. The van der Waals surface area contributed by atoms with Gasteiger partial charge in [-0.3, -0.25) is 4.40 Å². The summed E-state index contributed by atoms with van der Waals surface area (Å²) in [6.45, 7) is 1.71. The van der Waals surface area contributed by atoms with Gasteiger partial charge in [-0.1, -0.05) is 24.3 Å². The van der Waals surface area contributed by atoms with Crippen LogP contribution in [0.2, 0.25) is 0 Å². The molecule has 0 saturated carbocycles. The lowest BCUT2D eigenvalue weighted by Crippen LogP contribution is -2.51. The smallest absolute Gasteiger partial charge is 0.203 e. The first-order valence-corrected chi connectivity index (χ1v) is 8.20. The summed E-state index contributed by atoms with van der Waals surface area (Å²) in [6.07, 6.45) is 11.8. The molecule has 1 unspecified atom stereocenters. The van der Waals surface area contributed by atoms with E-state index in [-0.39, 0.29) is 5.60 Å². The molecule has 5 rings (SSSR count). The molecule has 0 radical (unpaired) electrons. The van der Waals surface area contributed by atoms with Gasteiger partial charge in [0.2, 0.25) is 5.65 Å². The molecule has 1 saturated heterocycles. The first-order valence-electron chi connectivity index (χ1n) is 8.20. The third-order valence-corrected chi connectivity index (χ3v) is 4.78. The first-order chi connectivity index (χ1) is 11.8. The Bertz CT molecular complexity index is 934. The summed E-state index contributed by atoms with van der Waals surface area (Å²) in [5.74, 6) is 1.82. The van der Waals surface area contributed by atoms with E-state index in [4.69, 9.17) is 4.74 Å². The fourth-order valence-electron chi connectivity index (χ4n) is 3.62. The summed E-state index contributed by atoms with van der Waals surface area (Å²) in [6, 6.07) is 8.17. The molecular weight excluding hydrogens is 302 g/mol. The van der Waals surface area contributed by atoms with E-state index < -0.39 is 0 Å². The van der Waals surface area contributed by atoms with Gasteiger partial charge in [-0.2, -0.15) is 0 Å². The van der Waals surface area contributed by atoms with Crippen molar-refractivity contribution < 1.29 is 4.74 Å². The second kappa shape index (κ2) is 5.06. The summed E-state index contributed by atoms with van der Waals surface area (Å²) in [5, 5.41) is 8.20. The Hall–Kier alpha value is -2.89. The monoisotopic (exact) mass is 319 g/mol. The number of hydrogen-bond donors (Lipinski definition) is 0. The van der Waals surface area contributed by atoms with Crippen molar-refractivity contribution in [3.05, 3.63) is 54.6 Å². The van der Waals surface area contributed by atoms with Crippen LogP contribution >= 0.6 is 0 Å². The van der Waals surface area contributed by atoms with Gasteiger partial charge in [0.05, 0.1) is 6.54 Å². The number of aromatic nitrogens is 4. The maximum atomic E-state index is 6.41. The maximum Gasteiger partial charge on any atom is 0.203 e. The Balaban J connectivity index is 1.50. The molecule has 0 bridgehead atoms. The average Bonchev–Trinajstić information content (AvgIpc) is 3.10. The normalized spacial score (nSPS) is 22.6. The number of rotatable bonds is 1. The molecule has 1 fully saturated rings. The highest BCUT2D eigenvalue weighted by atomic mass is 16.5. The molecule has 6 nitrogen and oxygen atoms in total. The van der Waals surface area contributed by atoms with Crippen molar-refractivity contribution in [3.8, 4) is 5.75 Å². The molecule has 2 aliphatic heterocycles. The Labute approximate surface area is 139 Å². The van der Waals surface area contributed by atoms with Crippen molar-refractivity contribution in [2.75, 3.05) is 18.0 Å². The molecule has 1 atom stereocenters. The molecule has 4 heterocycles. The van der Waals surface area contributed by atoms with Crippen LogP contribution in [0, 0.1) is 0 Å². The second-order valence-electron chi connectivity index (χ2n) is 6.38. The predicted molar refractivity (Wildman–Crippen MR) is 91.1 cm³/mol. The Kier molecular flexibility index (Phi) is 2.85. The van der Waals surface area contributed by atoms with Crippen LogP contribution in [-0.2, 0) is 0 Å². The molecule has 0 aliphatic carbocycles. The van der Waals surface area contributed by atoms with E-state index in [2.05, 4.69) is 38.3 Å². The fraction of sp³-hybridized carbons (Fsp3) is 0.278. The number of benzene rings is 1. The van der Waals surface area contributed by atoms with Crippen LogP contribution in [0.3, 0.4) is 0 Å². The van der Waals surface area contributed by atoms with E-state index in [9.17, 15) is 0 Å². The number of piperidine rings is 1. The van der Waals surface area contributed by atoms with Gasteiger partial charge in [0.25, 0.3) is 0 Å². The van der Waals surface area contributed by atoms with Crippen LogP contribution < -0.4 is 9.64 Å². The molecule has 24 heavy (non-hydrogen) atoms. The molecular formula is C18H17N5O. The quantitative estimate of drug-likeness (QED) is 0.690. The van der Waals surface area contributed by atoms with E-state index in [1.165, 1.54) is 0 Å². The zero-order valence-electron chi connectivity index (χ0n) is 13.2. The Morgan fingerprint density at radius 2 is 2.17 bits per heavy atom. The van der Waals surface area contributed by atoms with E-state index in [0.29, 0.717) is 0 Å². The lowest BCUT2D eigenvalue weighted by Gasteiger charge is -2.43. The van der Waals surface area contributed by atoms with Crippen molar-refractivity contribution in [1.29, 1.82) is 0 Å². The van der Waals surface area contributed by atoms with Crippen LogP contribution in [0.5, 0.6) is 5.75 Å². The largest absolute Gasteiger partial charge is 0.481 e. The standard InChI is InChI=1S/C18H17N5O/c1-2-5-15-14(4-1)6-8-18(24-15)7-3-10-22(12-18)16-17-21-20-13-23(17)11-9-19-16/h1-2,4-6,8-9,11,13H,3,7,10,12H2. The zero-order chi connectivity index (χ0) is 16.0. The van der Waals surface area contributed by atoms with E-state index >= 15 is 0 Å². The topological polar surface area (TPSA) is 55.6 Å².